The van der Waals surface area contributed by atoms with Crippen molar-refractivity contribution in [3.05, 3.63) is 58.6 Å². The fraction of sp³-hybridized carbons (Fsp3) is 0.125. The Morgan fingerprint density at radius 2 is 1.55 bits per heavy atom. The number of ketones is 1. The summed E-state index contributed by atoms with van der Waals surface area (Å²) in [7, 11) is 0. The normalized spacial score (nSPS) is 10.3. The fourth-order valence-corrected chi connectivity index (χ4v) is 1.92. The monoisotopic (exact) mass is 288 g/mol. The van der Waals surface area contributed by atoms with Crippen molar-refractivity contribution in [1.29, 1.82) is 0 Å². The van der Waals surface area contributed by atoms with Gasteiger partial charge >= 0.3 is 5.97 Å². The molecular formula is C16H13ClO3. The van der Waals surface area contributed by atoms with E-state index in [1.165, 1.54) is 0 Å². The molecule has 2 aliphatic rings. The highest BCUT2D eigenvalue weighted by molar-refractivity contribution is 6.31. The molecule has 0 unspecified atom stereocenters. The second-order valence-electron chi connectivity index (χ2n) is 4.31. The van der Waals surface area contributed by atoms with Gasteiger partial charge < -0.3 is 5.11 Å². The number of hydrogen-bond acceptors (Lipinski definition) is 2. The molecule has 2 aliphatic carbocycles. The van der Waals surface area contributed by atoms with Crippen LogP contribution in [0.2, 0.25) is 5.02 Å². The average Bonchev–Trinajstić information content (AvgIpc) is 2.92. The quantitative estimate of drug-likeness (QED) is 0.740. The van der Waals surface area contributed by atoms with Crippen LogP contribution < -0.4 is 0 Å². The van der Waals surface area contributed by atoms with E-state index in [0.29, 0.717) is 10.6 Å². The number of carbonyl (C=O) groups is 2. The van der Waals surface area contributed by atoms with Crippen molar-refractivity contribution in [2.75, 3.05) is 0 Å². The Bertz CT molecular complexity index is 640. The van der Waals surface area contributed by atoms with Gasteiger partial charge in [0.25, 0.3) is 0 Å². The number of aliphatic carboxylic acids is 1. The lowest BCUT2D eigenvalue weighted by Gasteiger charge is -1.95. The van der Waals surface area contributed by atoms with Crippen molar-refractivity contribution in [2.24, 2.45) is 0 Å². The minimum atomic E-state index is -0.745. The number of carboxylic acid groups (broad SMARTS) is 1. The van der Waals surface area contributed by atoms with Crippen LogP contribution in [-0.4, -0.2) is 16.9 Å². The van der Waals surface area contributed by atoms with Crippen LogP contribution in [0.3, 0.4) is 0 Å². The number of hydrogen-bond donors (Lipinski definition) is 1. The van der Waals surface area contributed by atoms with Gasteiger partial charge in [0.15, 0.2) is 5.78 Å². The largest absolute Gasteiger partial charge is 0.481 e. The summed E-state index contributed by atoms with van der Waals surface area (Å²) in [6.45, 7) is 1.60. The summed E-state index contributed by atoms with van der Waals surface area (Å²) in [6, 6.07) is 12.9. The highest BCUT2D eigenvalue weighted by Crippen LogP contribution is 2.43. The number of benzene rings is 2. The van der Waals surface area contributed by atoms with Crippen molar-refractivity contribution >= 4 is 23.4 Å². The topological polar surface area (TPSA) is 54.4 Å². The van der Waals surface area contributed by atoms with E-state index in [2.05, 4.69) is 0 Å². The maximum absolute atomic E-state index is 12.0. The zero-order chi connectivity index (χ0) is 14.7. The van der Waals surface area contributed by atoms with E-state index in [4.69, 9.17) is 16.7 Å². The standard InChI is InChI=1S/C13H7ClO.C3H6O2/c14-9-6-4-8(5-7-9)13(15)12-10-2-1-3-11(10)12;1-2-3(4)5/h1-7H;2H2,1H3,(H,4,5). The van der Waals surface area contributed by atoms with Crippen LogP contribution in [-0.2, 0) is 4.79 Å². The first kappa shape index (κ1) is 14.3. The van der Waals surface area contributed by atoms with Gasteiger partial charge in [0.1, 0.15) is 0 Å². The summed E-state index contributed by atoms with van der Waals surface area (Å²) in [5, 5.41) is 8.37. The van der Waals surface area contributed by atoms with Crippen LogP contribution in [0.4, 0.5) is 0 Å². The Kier molecular flexibility index (Phi) is 4.20. The molecule has 0 aromatic heterocycles. The van der Waals surface area contributed by atoms with Crippen molar-refractivity contribution in [3.8, 4) is 11.1 Å². The van der Waals surface area contributed by atoms with E-state index in [9.17, 15) is 9.59 Å². The van der Waals surface area contributed by atoms with Crippen LogP contribution in [0, 0.1) is 0 Å². The summed E-state index contributed by atoms with van der Waals surface area (Å²) in [5.41, 5.74) is 3.75. The highest BCUT2D eigenvalue weighted by atomic mass is 35.5. The van der Waals surface area contributed by atoms with Gasteiger partial charge in [-0.15, -0.1) is 0 Å². The van der Waals surface area contributed by atoms with Crippen LogP contribution in [0.15, 0.2) is 42.5 Å². The second-order valence-corrected chi connectivity index (χ2v) is 4.75. The Morgan fingerprint density at radius 3 is 2.00 bits per heavy atom. The molecule has 0 saturated carbocycles. The van der Waals surface area contributed by atoms with Crippen LogP contribution in [0.1, 0.15) is 29.3 Å². The number of carbonyl (C=O) groups excluding carboxylic acids is 1. The molecule has 0 fully saturated rings. The SMILES string of the molecule is CCC(=O)O.O=C(c1ccc(Cl)cc1)c1c2cccc1-2. The van der Waals surface area contributed by atoms with Crippen LogP contribution in [0.5, 0.6) is 0 Å². The molecule has 102 valence electrons. The minimum Gasteiger partial charge on any atom is -0.481 e. The predicted molar refractivity (Wildman–Crippen MR) is 78.2 cm³/mol. The first-order valence-corrected chi connectivity index (χ1v) is 6.57. The lowest BCUT2D eigenvalue weighted by atomic mass is 10.1. The van der Waals surface area contributed by atoms with E-state index in [-0.39, 0.29) is 12.2 Å². The van der Waals surface area contributed by atoms with Gasteiger partial charge in [-0.3, -0.25) is 9.59 Å². The second kappa shape index (κ2) is 5.88. The number of carboxylic acids is 1. The highest BCUT2D eigenvalue weighted by Gasteiger charge is 2.29. The van der Waals surface area contributed by atoms with Crippen LogP contribution >= 0.6 is 11.6 Å². The third-order valence-electron chi connectivity index (χ3n) is 2.93. The number of halogens is 1. The summed E-state index contributed by atoms with van der Waals surface area (Å²) in [6.07, 6.45) is 0.222. The molecule has 0 spiro atoms. The third kappa shape index (κ3) is 3.06. The smallest absolute Gasteiger partial charge is 0.303 e. The molecule has 3 nitrogen and oxygen atoms in total. The zero-order valence-electron chi connectivity index (χ0n) is 10.9. The lowest BCUT2D eigenvalue weighted by molar-refractivity contribution is -0.136. The zero-order valence-corrected chi connectivity index (χ0v) is 11.6. The molecule has 1 aromatic carbocycles. The maximum Gasteiger partial charge on any atom is 0.303 e. The van der Waals surface area contributed by atoms with Gasteiger partial charge in [0, 0.05) is 22.6 Å². The first-order chi connectivity index (χ1) is 9.54. The Labute approximate surface area is 121 Å². The molecule has 3 rings (SSSR count). The summed E-state index contributed by atoms with van der Waals surface area (Å²) < 4.78 is 0. The number of fused-ring (bicyclic) bond motifs is 1. The van der Waals surface area contributed by atoms with Crippen molar-refractivity contribution in [2.45, 2.75) is 13.3 Å². The van der Waals surface area contributed by atoms with E-state index < -0.39 is 5.97 Å². The summed E-state index contributed by atoms with van der Waals surface area (Å²) in [5.74, 6) is -0.651. The van der Waals surface area contributed by atoms with Crippen molar-refractivity contribution in [3.63, 3.8) is 0 Å². The van der Waals surface area contributed by atoms with Gasteiger partial charge in [-0.25, -0.2) is 0 Å². The summed E-state index contributed by atoms with van der Waals surface area (Å²) in [4.78, 5) is 21.3. The molecule has 1 N–H and O–H groups in total. The number of rotatable bonds is 3. The van der Waals surface area contributed by atoms with Gasteiger partial charge in [-0.05, 0) is 35.4 Å². The predicted octanol–water partition coefficient (Wildman–Crippen LogP) is 4.03. The molecule has 0 atom stereocenters. The van der Waals surface area contributed by atoms with E-state index in [1.807, 2.05) is 18.2 Å². The molecule has 0 aliphatic heterocycles. The third-order valence-corrected chi connectivity index (χ3v) is 3.18. The van der Waals surface area contributed by atoms with E-state index >= 15 is 0 Å². The first-order valence-electron chi connectivity index (χ1n) is 6.20. The molecule has 0 bridgehead atoms. The van der Waals surface area contributed by atoms with Crippen molar-refractivity contribution < 1.29 is 14.7 Å². The van der Waals surface area contributed by atoms with E-state index in [1.54, 1.807) is 31.2 Å². The van der Waals surface area contributed by atoms with Gasteiger partial charge in [-0.2, -0.15) is 0 Å². The molecule has 20 heavy (non-hydrogen) atoms. The molecule has 0 radical (unpaired) electrons. The fourth-order valence-electron chi connectivity index (χ4n) is 1.79. The van der Waals surface area contributed by atoms with E-state index in [0.717, 1.165) is 16.7 Å². The average molecular weight is 289 g/mol. The molecule has 0 amide bonds. The molecule has 1 aromatic rings. The van der Waals surface area contributed by atoms with Gasteiger partial charge in [0.05, 0.1) is 0 Å². The lowest BCUT2D eigenvalue weighted by Crippen LogP contribution is -1.94. The Morgan fingerprint density at radius 1 is 1.05 bits per heavy atom. The Hall–Kier alpha value is -2.13. The molecule has 0 heterocycles. The summed E-state index contributed by atoms with van der Waals surface area (Å²) >= 11 is 5.76. The van der Waals surface area contributed by atoms with Crippen molar-refractivity contribution in [1.82, 2.24) is 0 Å². The van der Waals surface area contributed by atoms with Crippen LogP contribution in [0.25, 0.3) is 11.1 Å². The molecule has 0 saturated heterocycles. The van der Waals surface area contributed by atoms with Gasteiger partial charge in [-0.1, -0.05) is 36.7 Å². The minimum absolute atomic E-state index is 0.0947. The Balaban J connectivity index is 0.000000257. The molecule has 4 heteroatoms. The van der Waals surface area contributed by atoms with Gasteiger partial charge in [0.2, 0.25) is 0 Å². The molecular weight excluding hydrogens is 276 g/mol. The maximum atomic E-state index is 12.0.